The minimum absolute atomic E-state index is 0.0681. The largest absolute Gasteiger partial charge is 0.372 e. The van der Waals surface area contributed by atoms with Gasteiger partial charge in [-0.1, -0.05) is 0 Å². The number of rotatable bonds is 4. The molecular weight excluding hydrogens is 314 g/mol. The van der Waals surface area contributed by atoms with Gasteiger partial charge in [0.25, 0.3) is 0 Å². The van der Waals surface area contributed by atoms with Gasteiger partial charge in [-0.2, -0.15) is 0 Å². The van der Waals surface area contributed by atoms with Crippen LogP contribution in [-0.2, 0) is 16.0 Å². The van der Waals surface area contributed by atoms with Crippen molar-refractivity contribution in [2.75, 3.05) is 32.1 Å². The molecule has 0 radical (unpaired) electrons. The highest BCUT2D eigenvalue weighted by Gasteiger charge is 2.28. The van der Waals surface area contributed by atoms with Crippen LogP contribution in [0.5, 0.6) is 0 Å². The van der Waals surface area contributed by atoms with Crippen LogP contribution in [0.2, 0.25) is 0 Å². The first-order valence-electron chi connectivity index (χ1n) is 7.46. The van der Waals surface area contributed by atoms with Crippen LogP contribution in [0.25, 0.3) is 0 Å². The van der Waals surface area contributed by atoms with E-state index in [4.69, 9.17) is 4.74 Å². The maximum atomic E-state index is 12.5. The highest BCUT2D eigenvalue weighted by atomic mass is 32.1. The number of anilines is 1. The van der Waals surface area contributed by atoms with Crippen molar-refractivity contribution < 1.29 is 9.53 Å². The van der Waals surface area contributed by atoms with Crippen LogP contribution in [0, 0.1) is 6.92 Å². The van der Waals surface area contributed by atoms with Crippen molar-refractivity contribution in [1.82, 2.24) is 19.9 Å². The van der Waals surface area contributed by atoms with E-state index in [9.17, 15) is 4.79 Å². The SMILES string of the molecule is CNc1nccnc1C1CN(C(=O)Cc2csc(C)n2)CCO1. The molecule has 1 amide bonds. The second-order valence-electron chi connectivity index (χ2n) is 5.27. The molecule has 2 aromatic heterocycles. The van der Waals surface area contributed by atoms with Gasteiger partial charge in [-0.3, -0.25) is 9.78 Å². The van der Waals surface area contributed by atoms with Crippen molar-refractivity contribution >= 4 is 23.1 Å². The Kier molecular flexibility index (Phi) is 4.82. The number of ether oxygens (including phenoxy) is 1. The molecule has 1 fully saturated rings. The Morgan fingerprint density at radius 2 is 2.30 bits per heavy atom. The number of thiazole rings is 1. The van der Waals surface area contributed by atoms with Gasteiger partial charge < -0.3 is 15.0 Å². The molecular formula is C15H19N5O2S. The highest BCUT2D eigenvalue weighted by molar-refractivity contribution is 7.09. The van der Waals surface area contributed by atoms with E-state index < -0.39 is 0 Å². The first-order valence-corrected chi connectivity index (χ1v) is 8.34. The summed E-state index contributed by atoms with van der Waals surface area (Å²) in [7, 11) is 1.80. The Labute approximate surface area is 138 Å². The van der Waals surface area contributed by atoms with Crippen LogP contribution in [0.15, 0.2) is 17.8 Å². The summed E-state index contributed by atoms with van der Waals surface area (Å²) < 4.78 is 5.79. The summed E-state index contributed by atoms with van der Waals surface area (Å²) in [6.07, 6.45) is 3.33. The topological polar surface area (TPSA) is 80.2 Å². The number of nitrogens with zero attached hydrogens (tertiary/aromatic N) is 4. The van der Waals surface area contributed by atoms with Gasteiger partial charge in [-0.05, 0) is 6.92 Å². The van der Waals surface area contributed by atoms with E-state index >= 15 is 0 Å². The van der Waals surface area contributed by atoms with Gasteiger partial charge in [0.1, 0.15) is 17.6 Å². The fourth-order valence-corrected chi connectivity index (χ4v) is 3.19. The van der Waals surface area contributed by atoms with E-state index in [-0.39, 0.29) is 12.0 Å². The van der Waals surface area contributed by atoms with E-state index in [1.54, 1.807) is 30.8 Å². The first kappa shape index (κ1) is 15.8. The molecule has 1 aliphatic heterocycles. The van der Waals surface area contributed by atoms with Crippen molar-refractivity contribution in [2.24, 2.45) is 0 Å². The van der Waals surface area contributed by atoms with Crippen molar-refractivity contribution in [3.05, 3.63) is 34.2 Å². The van der Waals surface area contributed by atoms with Gasteiger partial charge in [0.15, 0.2) is 0 Å². The minimum Gasteiger partial charge on any atom is -0.372 e. The predicted octanol–water partition coefficient (Wildman–Crippen LogP) is 1.43. The Balaban J connectivity index is 1.69. The molecule has 1 unspecified atom stereocenters. The first-order chi connectivity index (χ1) is 11.2. The molecule has 1 saturated heterocycles. The maximum absolute atomic E-state index is 12.5. The molecule has 23 heavy (non-hydrogen) atoms. The number of aryl methyl sites for hydroxylation is 1. The van der Waals surface area contributed by atoms with E-state index in [0.29, 0.717) is 31.9 Å². The van der Waals surface area contributed by atoms with Crippen LogP contribution in [-0.4, -0.2) is 52.5 Å². The third kappa shape index (κ3) is 3.65. The number of hydrogen-bond acceptors (Lipinski definition) is 7. The van der Waals surface area contributed by atoms with E-state index in [1.165, 1.54) is 0 Å². The number of carbonyl (C=O) groups is 1. The van der Waals surface area contributed by atoms with E-state index in [2.05, 4.69) is 20.3 Å². The lowest BCUT2D eigenvalue weighted by atomic mass is 10.1. The fraction of sp³-hybridized carbons (Fsp3) is 0.467. The molecule has 8 heteroatoms. The second kappa shape index (κ2) is 7.01. The number of hydrogen-bond donors (Lipinski definition) is 1. The van der Waals surface area contributed by atoms with Crippen molar-refractivity contribution in [3.8, 4) is 0 Å². The summed E-state index contributed by atoms with van der Waals surface area (Å²) in [4.78, 5) is 27.3. The molecule has 0 bridgehead atoms. The van der Waals surface area contributed by atoms with Gasteiger partial charge in [0, 0.05) is 31.4 Å². The van der Waals surface area contributed by atoms with Crippen LogP contribution >= 0.6 is 11.3 Å². The molecule has 3 rings (SSSR count). The summed E-state index contributed by atoms with van der Waals surface area (Å²) >= 11 is 1.56. The Morgan fingerprint density at radius 1 is 1.48 bits per heavy atom. The molecule has 0 spiro atoms. The molecule has 7 nitrogen and oxygen atoms in total. The van der Waals surface area contributed by atoms with Gasteiger partial charge in [0.2, 0.25) is 5.91 Å². The zero-order valence-corrected chi connectivity index (χ0v) is 14.0. The number of aromatic nitrogens is 3. The molecule has 0 aliphatic carbocycles. The van der Waals surface area contributed by atoms with Crippen molar-refractivity contribution in [3.63, 3.8) is 0 Å². The van der Waals surface area contributed by atoms with E-state index in [1.807, 2.05) is 17.2 Å². The average molecular weight is 333 g/mol. The summed E-state index contributed by atoms with van der Waals surface area (Å²) in [5, 5.41) is 5.93. The summed E-state index contributed by atoms with van der Waals surface area (Å²) in [5.41, 5.74) is 1.56. The number of nitrogens with one attached hydrogen (secondary N) is 1. The van der Waals surface area contributed by atoms with Gasteiger partial charge in [-0.25, -0.2) is 9.97 Å². The third-order valence-corrected chi connectivity index (χ3v) is 4.51. The molecule has 0 saturated carbocycles. The molecule has 1 atom stereocenters. The lowest BCUT2D eigenvalue weighted by Gasteiger charge is -2.33. The Hall–Kier alpha value is -2.06. The summed E-state index contributed by atoms with van der Waals surface area (Å²) in [6, 6.07) is 0. The maximum Gasteiger partial charge on any atom is 0.228 e. The van der Waals surface area contributed by atoms with Gasteiger partial charge in [-0.15, -0.1) is 11.3 Å². The summed E-state index contributed by atoms with van der Waals surface area (Å²) in [5.74, 6) is 0.750. The van der Waals surface area contributed by atoms with Crippen molar-refractivity contribution in [1.29, 1.82) is 0 Å². The number of amides is 1. The predicted molar refractivity (Wildman–Crippen MR) is 87.4 cm³/mol. The monoisotopic (exact) mass is 333 g/mol. The second-order valence-corrected chi connectivity index (χ2v) is 6.34. The van der Waals surface area contributed by atoms with Crippen molar-refractivity contribution in [2.45, 2.75) is 19.4 Å². The van der Waals surface area contributed by atoms with Crippen LogP contribution in [0.4, 0.5) is 5.82 Å². The normalized spacial score (nSPS) is 18.0. The summed E-state index contributed by atoms with van der Waals surface area (Å²) in [6.45, 7) is 3.51. The van der Waals surface area contributed by atoms with Gasteiger partial charge >= 0.3 is 0 Å². The minimum atomic E-state index is -0.263. The third-order valence-electron chi connectivity index (χ3n) is 3.69. The number of morpholine rings is 1. The zero-order chi connectivity index (χ0) is 16.2. The highest BCUT2D eigenvalue weighted by Crippen LogP contribution is 2.25. The standard InChI is InChI=1S/C15H19N5O2S/c1-10-19-11(9-23-10)7-13(21)20-5-6-22-12(8-20)14-15(16-2)18-4-3-17-14/h3-4,9,12H,5-8H2,1-2H3,(H,16,18). The number of carbonyl (C=O) groups excluding carboxylic acids is 1. The molecule has 3 heterocycles. The Bertz CT molecular complexity index is 690. The van der Waals surface area contributed by atoms with Crippen LogP contribution in [0.1, 0.15) is 22.5 Å². The smallest absolute Gasteiger partial charge is 0.228 e. The Morgan fingerprint density at radius 3 is 3.04 bits per heavy atom. The van der Waals surface area contributed by atoms with E-state index in [0.717, 1.165) is 16.4 Å². The molecule has 2 aromatic rings. The van der Waals surface area contributed by atoms with Crippen LogP contribution < -0.4 is 5.32 Å². The average Bonchev–Trinajstić information content (AvgIpc) is 2.99. The molecule has 0 aromatic carbocycles. The lowest BCUT2D eigenvalue weighted by Crippen LogP contribution is -2.43. The quantitative estimate of drug-likeness (QED) is 0.912. The van der Waals surface area contributed by atoms with Gasteiger partial charge in [0.05, 0.1) is 30.3 Å². The zero-order valence-electron chi connectivity index (χ0n) is 13.2. The fourth-order valence-electron chi connectivity index (χ4n) is 2.57. The molecule has 1 aliphatic rings. The lowest BCUT2D eigenvalue weighted by molar-refractivity contribution is -0.138. The van der Waals surface area contributed by atoms with Crippen LogP contribution in [0.3, 0.4) is 0 Å². The molecule has 122 valence electrons. The molecule has 1 N–H and O–H groups in total.